The normalized spacial score (nSPS) is 9.38. The lowest BCUT2D eigenvalue weighted by molar-refractivity contribution is 0.403. The minimum Gasteiger partial charge on any atom is -0.495 e. The van der Waals surface area contributed by atoms with Crippen LogP contribution in [0, 0.1) is 17.1 Å². The zero-order valence-corrected chi connectivity index (χ0v) is 8.56. The van der Waals surface area contributed by atoms with Crippen LogP contribution in [-0.2, 0) is 6.42 Å². The Balaban J connectivity index is 3.27. The molecule has 0 aliphatic heterocycles. The van der Waals surface area contributed by atoms with Crippen LogP contribution >= 0.6 is 15.9 Å². The molecule has 0 spiro atoms. The first-order valence-electron chi connectivity index (χ1n) is 3.58. The third-order valence-electron chi connectivity index (χ3n) is 1.62. The molecule has 0 saturated carbocycles. The maximum atomic E-state index is 13.2. The molecular formula is C9H7BrFNO. The molecule has 0 aromatic heterocycles. The Morgan fingerprint density at radius 3 is 2.85 bits per heavy atom. The maximum absolute atomic E-state index is 13.2. The summed E-state index contributed by atoms with van der Waals surface area (Å²) in [6.07, 6.45) is 0.00838. The van der Waals surface area contributed by atoms with Crippen molar-refractivity contribution in [3.8, 4) is 11.8 Å². The molecule has 0 bridgehead atoms. The van der Waals surface area contributed by atoms with E-state index in [1.54, 1.807) is 6.07 Å². The number of rotatable bonds is 2. The lowest BCUT2D eigenvalue weighted by Gasteiger charge is -2.08. The van der Waals surface area contributed by atoms with Gasteiger partial charge in [0.25, 0.3) is 0 Å². The van der Waals surface area contributed by atoms with Crippen molar-refractivity contribution in [3.63, 3.8) is 0 Å². The smallest absolute Gasteiger partial charge is 0.140 e. The highest BCUT2D eigenvalue weighted by atomic mass is 79.9. The zero-order valence-electron chi connectivity index (χ0n) is 6.97. The van der Waals surface area contributed by atoms with Gasteiger partial charge in [0.1, 0.15) is 11.6 Å². The highest BCUT2D eigenvalue weighted by molar-refractivity contribution is 9.10. The monoisotopic (exact) mass is 243 g/mol. The van der Waals surface area contributed by atoms with Gasteiger partial charge in [-0.3, -0.25) is 0 Å². The molecule has 0 fully saturated rings. The summed E-state index contributed by atoms with van der Waals surface area (Å²) in [6.45, 7) is 0. The van der Waals surface area contributed by atoms with Crippen molar-refractivity contribution in [2.75, 3.05) is 7.11 Å². The van der Waals surface area contributed by atoms with E-state index in [1.165, 1.54) is 13.2 Å². The SMILES string of the molecule is COc1c(Br)ccc(F)c1CC#N. The summed E-state index contributed by atoms with van der Waals surface area (Å²) in [7, 11) is 1.44. The van der Waals surface area contributed by atoms with Gasteiger partial charge in [-0.25, -0.2) is 4.39 Å². The van der Waals surface area contributed by atoms with Crippen LogP contribution < -0.4 is 4.74 Å². The molecule has 0 radical (unpaired) electrons. The van der Waals surface area contributed by atoms with E-state index in [-0.39, 0.29) is 6.42 Å². The van der Waals surface area contributed by atoms with Gasteiger partial charge in [-0.1, -0.05) is 0 Å². The average Bonchev–Trinajstić information content (AvgIpc) is 2.12. The van der Waals surface area contributed by atoms with Crippen LogP contribution in [0.1, 0.15) is 5.56 Å². The third kappa shape index (κ3) is 1.99. The molecule has 1 aromatic carbocycles. The topological polar surface area (TPSA) is 33.0 Å². The van der Waals surface area contributed by atoms with Gasteiger partial charge in [-0.15, -0.1) is 0 Å². The summed E-state index contributed by atoms with van der Waals surface area (Å²) in [5.41, 5.74) is 0.291. The van der Waals surface area contributed by atoms with Crippen LogP contribution in [-0.4, -0.2) is 7.11 Å². The summed E-state index contributed by atoms with van der Waals surface area (Å²) in [5, 5.41) is 8.47. The van der Waals surface area contributed by atoms with E-state index in [0.717, 1.165) is 0 Å². The maximum Gasteiger partial charge on any atom is 0.140 e. The third-order valence-corrected chi connectivity index (χ3v) is 2.24. The number of halogens is 2. The van der Waals surface area contributed by atoms with Crippen molar-refractivity contribution in [1.82, 2.24) is 0 Å². The van der Waals surface area contributed by atoms with E-state index in [9.17, 15) is 4.39 Å². The molecule has 0 aliphatic rings. The molecule has 0 atom stereocenters. The number of nitrogens with zero attached hydrogens (tertiary/aromatic N) is 1. The fourth-order valence-electron chi connectivity index (χ4n) is 1.04. The minimum absolute atomic E-state index is 0.00838. The van der Waals surface area contributed by atoms with Gasteiger partial charge in [0.2, 0.25) is 0 Å². The van der Waals surface area contributed by atoms with Gasteiger partial charge >= 0.3 is 0 Å². The second kappa shape index (κ2) is 4.24. The Morgan fingerprint density at radius 1 is 1.62 bits per heavy atom. The highest BCUT2D eigenvalue weighted by Gasteiger charge is 2.11. The number of methoxy groups -OCH3 is 1. The van der Waals surface area contributed by atoms with Crippen molar-refractivity contribution in [3.05, 3.63) is 28.0 Å². The van der Waals surface area contributed by atoms with Crippen molar-refractivity contribution in [2.45, 2.75) is 6.42 Å². The number of benzene rings is 1. The second-order valence-corrected chi connectivity index (χ2v) is 3.23. The molecule has 1 rings (SSSR count). The first-order valence-corrected chi connectivity index (χ1v) is 4.37. The summed E-state index contributed by atoms with van der Waals surface area (Å²) in [5.74, 6) is -0.0249. The van der Waals surface area contributed by atoms with Crippen LogP contribution in [0.25, 0.3) is 0 Å². The van der Waals surface area contributed by atoms with Gasteiger partial charge < -0.3 is 4.74 Å². The van der Waals surface area contributed by atoms with Crippen LogP contribution in [0.4, 0.5) is 4.39 Å². The quantitative estimate of drug-likeness (QED) is 0.801. The van der Waals surface area contributed by atoms with E-state index >= 15 is 0 Å². The number of hydrogen-bond acceptors (Lipinski definition) is 2. The Labute approximate surface area is 84.1 Å². The molecule has 13 heavy (non-hydrogen) atoms. The molecule has 0 saturated heterocycles. The second-order valence-electron chi connectivity index (χ2n) is 2.38. The Kier molecular flexibility index (Phi) is 3.26. The molecule has 0 heterocycles. The average molecular weight is 244 g/mol. The lowest BCUT2D eigenvalue weighted by Crippen LogP contribution is -1.96. The van der Waals surface area contributed by atoms with Crippen LogP contribution in [0.3, 0.4) is 0 Å². The van der Waals surface area contributed by atoms with Crippen molar-refractivity contribution < 1.29 is 9.13 Å². The van der Waals surface area contributed by atoms with Gasteiger partial charge in [0.05, 0.1) is 24.1 Å². The largest absolute Gasteiger partial charge is 0.495 e. The molecular weight excluding hydrogens is 237 g/mol. The van der Waals surface area contributed by atoms with Crippen molar-refractivity contribution >= 4 is 15.9 Å². The fraction of sp³-hybridized carbons (Fsp3) is 0.222. The van der Waals surface area contributed by atoms with Gasteiger partial charge in [-0.2, -0.15) is 5.26 Å². The Bertz CT molecular complexity index is 359. The Morgan fingerprint density at radius 2 is 2.31 bits per heavy atom. The predicted octanol–water partition coefficient (Wildman–Crippen LogP) is 2.66. The van der Waals surface area contributed by atoms with Crippen LogP contribution in [0.15, 0.2) is 16.6 Å². The first kappa shape index (κ1) is 10.0. The molecule has 4 heteroatoms. The molecule has 1 aromatic rings. The van der Waals surface area contributed by atoms with Crippen LogP contribution in [0.5, 0.6) is 5.75 Å². The van der Waals surface area contributed by atoms with E-state index in [0.29, 0.717) is 15.8 Å². The predicted molar refractivity (Wildman–Crippen MR) is 50.0 cm³/mol. The minimum atomic E-state index is -0.415. The molecule has 2 nitrogen and oxygen atoms in total. The van der Waals surface area contributed by atoms with Gasteiger partial charge in [0.15, 0.2) is 0 Å². The van der Waals surface area contributed by atoms with Crippen molar-refractivity contribution in [2.24, 2.45) is 0 Å². The van der Waals surface area contributed by atoms with Crippen molar-refractivity contribution in [1.29, 1.82) is 5.26 Å². The first-order chi connectivity index (χ1) is 6.20. The molecule has 0 aliphatic carbocycles. The fourth-order valence-corrected chi connectivity index (χ4v) is 1.57. The summed E-state index contributed by atoms with van der Waals surface area (Å²) < 4.78 is 18.8. The molecule has 0 N–H and O–H groups in total. The van der Waals surface area contributed by atoms with Gasteiger partial charge in [0, 0.05) is 5.56 Å². The number of ether oxygens (including phenoxy) is 1. The van der Waals surface area contributed by atoms with E-state index < -0.39 is 5.82 Å². The highest BCUT2D eigenvalue weighted by Crippen LogP contribution is 2.30. The van der Waals surface area contributed by atoms with Gasteiger partial charge in [-0.05, 0) is 28.1 Å². The zero-order chi connectivity index (χ0) is 9.84. The summed E-state index contributed by atoms with van der Waals surface area (Å²) >= 11 is 3.21. The Hall–Kier alpha value is -1.08. The summed E-state index contributed by atoms with van der Waals surface area (Å²) in [4.78, 5) is 0. The van der Waals surface area contributed by atoms with E-state index in [2.05, 4.69) is 15.9 Å². The molecule has 0 amide bonds. The number of hydrogen-bond donors (Lipinski definition) is 0. The standard InChI is InChI=1S/C9H7BrFNO/c1-13-9-6(4-5-12)8(11)3-2-7(9)10/h2-3H,4H2,1H3. The molecule has 0 unspecified atom stereocenters. The van der Waals surface area contributed by atoms with E-state index in [4.69, 9.17) is 10.00 Å². The van der Waals surface area contributed by atoms with E-state index in [1.807, 2.05) is 6.07 Å². The number of nitriles is 1. The molecule has 68 valence electrons. The summed E-state index contributed by atoms with van der Waals surface area (Å²) in [6, 6.07) is 4.74. The lowest BCUT2D eigenvalue weighted by atomic mass is 10.1. The van der Waals surface area contributed by atoms with Crippen LogP contribution in [0.2, 0.25) is 0 Å².